The molecule has 4 N–H and O–H groups in total. The van der Waals surface area contributed by atoms with Crippen LogP contribution < -0.4 is 5.32 Å². The van der Waals surface area contributed by atoms with Gasteiger partial charge in [-0.3, -0.25) is 15.1 Å². The van der Waals surface area contributed by atoms with Gasteiger partial charge in [-0.2, -0.15) is 5.10 Å². The summed E-state index contributed by atoms with van der Waals surface area (Å²) in [5.41, 5.74) is 6.24. The van der Waals surface area contributed by atoms with Crippen LogP contribution in [0.1, 0.15) is 32.1 Å². The Bertz CT molecular complexity index is 1380. The number of hydrogen-bond donors (Lipinski definition) is 4. The summed E-state index contributed by atoms with van der Waals surface area (Å²) in [4.78, 5) is 16.5. The predicted octanol–water partition coefficient (Wildman–Crippen LogP) is 4.87. The Morgan fingerprint density at radius 2 is 1.85 bits per heavy atom. The number of anilines is 1. The van der Waals surface area contributed by atoms with Crippen LogP contribution in [0.25, 0.3) is 44.6 Å². The molecule has 1 fully saturated rings. The largest absolute Gasteiger partial charge is 0.374 e. The van der Waals surface area contributed by atoms with Gasteiger partial charge in [-0.1, -0.05) is 25.3 Å². The zero-order chi connectivity index (χ0) is 22.2. The summed E-state index contributed by atoms with van der Waals surface area (Å²) in [7, 11) is 0. The van der Waals surface area contributed by atoms with E-state index in [0.29, 0.717) is 11.7 Å². The van der Waals surface area contributed by atoms with Gasteiger partial charge in [0, 0.05) is 29.3 Å². The molecule has 0 radical (unpaired) electrons. The fourth-order valence-electron chi connectivity index (χ4n) is 4.76. The molecule has 1 aliphatic rings. The topological polar surface area (TPSA) is 115 Å². The van der Waals surface area contributed by atoms with Gasteiger partial charge >= 0.3 is 0 Å². The molecule has 0 aliphatic heterocycles. The van der Waals surface area contributed by atoms with E-state index >= 15 is 0 Å². The number of nitrogens with one attached hydrogen (secondary N) is 3. The lowest BCUT2D eigenvalue weighted by Crippen LogP contribution is -2.30. The van der Waals surface area contributed by atoms with E-state index in [0.717, 1.165) is 57.3 Å². The SMILES string of the molecule is OC(Nc1cncc(-c2ccc3[nH]nc(-c4nc5ccncc5[nH]4)c3c2)c1)C1CCCCC1. The predicted molar refractivity (Wildman–Crippen MR) is 128 cm³/mol. The van der Waals surface area contributed by atoms with Crippen molar-refractivity contribution in [3.05, 3.63) is 55.1 Å². The second-order valence-corrected chi connectivity index (χ2v) is 8.76. The van der Waals surface area contributed by atoms with E-state index in [1.54, 1.807) is 18.6 Å². The lowest BCUT2D eigenvalue weighted by atomic mass is 9.88. The molecule has 4 aromatic heterocycles. The highest BCUT2D eigenvalue weighted by atomic mass is 16.3. The Labute approximate surface area is 190 Å². The number of hydrogen-bond acceptors (Lipinski definition) is 6. The average Bonchev–Trinajstić information content (AvgIpc) is 3.48. The quantitative estimate of drug-likeness (QED) is 0.290. The first-order valence-corrected chi connectivity index (χ1v) is 11.4. The van der Waals surface area contributed by atoms with Crippen LogP contribution in [0.3, 0.4) is 0 Å². The van der Waals surface area contributed by atoms with Crippen LogP contribution in [0.4, 0.5) is 5.69 Å². The first-order valence-electron chi connectivity index (χ1n) is 11.4. The first kappa shape index (κ1) is 19.9. The number of aliphatic hydroxyl groups is 1. The molecule has 166 valence electrons. The maximum Gasteiger partial charge on any atom is 0.159 e. The molecule has 6 rings (SSSR count). The molecule has 1 aliphatic carbocycles. The molecular weight excluding hydrogens is 414 g/mol. The van der Waals surface area contributed by atoms with Crippen LogP contribution in [-0.4, -0.2) is 41.5 Å². The Balaban J connectivity index is 1.31. The molecule has 1 aromatic carbocycles. The van der Waals surface area contributed by atoms with Crippen molar-refractivity contribution in [2.75, 3.05) is 5.32 Å². The summed E-state index contributed by atoms with van der Waals surface area (Å²) >= 11 is 0. The Kier molecular flexibility index (Phi) is 4.99. The number of benzene rings is 1. The minimum atomic E-state index is -0.548. The summed E-state index contributed by atoms with van der Waals surface area (Å²) in [6.07, 6.45) is 12.3. The first-order chi connectivity index (χ1) is 16.2. The zero-order valence-electron chi connectivity index (χ0n) is 18.1. The number of rotatable bonds is 5. The molecule has 1 atom stereocenters. The van der Waals surface area contributed by atoms with Crippen LogP contribution in [-0.2, 0) is 0 Å². The van der Waals surface area contributed by atoms with Gasteiger partial charge in [-0.25, -0.2) is 4.98 Å². The van der Waals surface area contributed by atoms with Gasteiger partial charge < -0.3 is 15.4 Å². The fourth-order valence-corrected chi connectivity index (χ4v) is 4.76. The van der Waals surface area contributed by atoms with Crippen molar-refractivity contribution >= 4 is 27.6 Å². The van der Waals surface area contributed by atoms with Crippen LogP contribution in [0.15, 0.2) is 55.1 Å². The minimum absolute atomic E-state index is 0.297. The molecule has 0 spiro atoms. The Hall–Kier alpha value is -3.78. The number of H-pyrrole nitrogens is 2. The van der Waals surface area contributed by atoms with Crippen LogP contribution >= 0.6 is 0 Å². The van der Waals surface area contributed by atoms with Crippen molar-refractivity contribution in [3.63, 3.8) is 0 Å². The van der Waals surface area contributed by atoms with E-state index in [9.17, 15) is 5.11 Å². The standard InChI is InChI=1S/C25H25N7O/c33-25(15-4-2-1-3-5-15)28-18-10-17(12-27-13-18)16-6-7-20-19(11-16)23(32-31-20)24-29-21-8-9-26-14-22(21)30-24/h6-15,25,28,33H,1-5H2,(H,29,30)(H,31,32). The third-order valence-corrected chi connectivity index (χ3v) is 6.55. The fraction of sp³-hybridized carbons (Fsp3) is 0.280. The van der Waals surface area contributed by atoms with Gasteiger partial charge in [0.2, 0.25) is 0 Å². The number of aromatic nitrogens is 6. The lowest BCUT2D eigenvalue weighted by Gasteiger charge is -2.27. The summed E-state index contributed by atoms with van der Waals surface area (Å²) in [6.45, 7) is 0. The maximum atomic E-state index is 10.7. The van der Waals surface area contributed by atoms with Gasteiger partial charge in [0.25, 0.3) is 0 Å². The normalized spacial score (nSPS) is 15.8. The van der Waals surface area contributed by atoms with Crippen LogP contribution in [0.2, 0.25) is 0 Å². The highest BCUT2D eigenvalue weighted by molar-refractivity contribution is 5.95. The van der Waals surface area contributed by atoms with Crippen LogP contribution in [0.5, 0.6) is 0 Å². The zero-order valence-corrected chi connectivity index (χ0v) is 18.1. The molecule has 5 aromatic rings. The number of imidazole rings is 1. The van der Waals surface area contributed by atoms with Crippen molar-refractivity contribution < 1.29 is 5.11 Å². The molecule has 0 amide bonds. The lowest BCUT2D eigenvalue weighted by molar-refractivity contribution is 0.109. The molecule has 8 heteroatoms. The Morgan fingerprint density at radius 1 is 0.939 bits per heavy atom. The Morgan fingerprint density at radius 3 is 2.73 bits per heavy atom. The highest BCUT2D eigenvalue weighted by Gasteiger charge is 2.21. The molecule has 0 saturated heterocycles. The molecule has 8 nitrogen and oxygen atoms in total. The highest BCUT2D eigenvalue weighted by Crippen LogP contribution is 2.32. The molecule has 33 heavy (non-hydrogen) atoms. The molecular formula is C25H25N7O. The maximum absolute atomic E-state index is 10.7. The van der Waals surface area contributed by atoms with E-state index in [1.165, 1.54) is 19.3 Å². The summed E-state index contributed by atoms with van der Waals surface area (Å²) < 4.78 is 0. The van der Waals surface area contributed by atoms with E-state index in [1.807, 2.05) is 30.5 Å². The van der Waals surface area contributed by atoms with Crippen molar-refractivity contribution in [3.8, 4) is 22.6 Å². The summed E-state index contributed by atoms with van der Waals surface area (Å²) in [5.74, 6) is 0.997. The molecule has 1 unspecified atom stereocenters. The van der Waals surface area contributed by atoms with E-state index in [4.69, 9.17) is 0 Å². The van der Waals surface area contributed by atoms with Gasteiger partial charge in [0.1, 0.15) is 11.9 Å². The second-order valence-electron chi connectivity index (χ2n) is 8.76. The van der Waals surface area contributed by atoms with Crippen molar-refractivity contribution in [1.82, 2.24) is 30.1 Å². The molecule has 0 bridgehead atoms. The number of fused-ring (bicyclic) bond motifs is 2. The third kappa shape index (κ3) is 3.82. The van der Waals surface area contributed by atoms with Gasteiger partial charge in [-0.15, -0.1) is 0 Å². The number of nitrogens with zero attached hydrogens (tertiary/aromatic N) is 4. The van der Waals surface area contributed by atoms with E-state index < -0.39 is 6.23 Å². The minimum Gasteiger partial charge on any atom is -0.374 e. The number of pyridine rings is 2. The third-order valence-electron chi connectivity index (χ3n) is 6.55. The summed E-state index contributed by atoms with van der Waals surface area (Å²) in [5, 5.41) is 22.5. The van der Waals surface area contributed by atoms with Gasteiger partial charge in [0.15, 0.2) is 5.82 Å². The monoisotopic (exact) mass is 439 g/mol. The van der Waals surface area contributed by atoms with E-state index in [-0.39, 0.29) is 0 Å². The van der Waals surface area contributed by atoms with E-state index in [2.05, 4.69) is 41.5 Å². The number of aromatic amines is 2. The van der Waals surface area contributed by atoms with Crippen molar-refractivity contribution in [1.29, 1.82) is 0 Å². The van der Waals surface area contributed by atoms with Crippen molar-refractivity contribution in [2.45, 2.75) is 38.3 Å². The smallest absolute Gasteiger partial charge is 0.159 e. The average molecular weight is 440 g/mol. The van der Waals surface area contributed by atoms with Crippen molar-refractivity contribution in [2.24, 2.45) is 5.92 Å². The van der Waals surface area contributed by atoms with Crippen LogP contribution in [0, 0.1) is 5.92 Å². The molecule has 1 saturated carbocycles. The molecule has 4 heterocycles. The van der Waals surface area contributed by atoms with Gasteiger partial charge in [-0.05, 0) is 42.7 Å². The summed E-state index contributed by atoms with van der Waals surface area (Å²) in [6, 6.07) is 10.1. The number of aliphatic hydroxyl groups excluding tert-OH is 1. The van der Waals surface area contributed by atoms with Gasteiger partial charge in [0.05, 0.1) is 34.6 Å². The second kappa shape index (κ2) is 8.29.